The van der Waals surface area contributed by atoms with Crippen molar-refractivity contribution in [3.63, 3.8) is 0 Å². The number of nitrogens with zero attached hydrogens (tertiary/aromatic N) is 3. The lowest BCUT2D eigenvalue weighted by atomic mass is 9.94. The number of carbonyl (C=O) groups is 1. The van der Waals surface area contributed by atoms with Gasteiger partial charge in [0.05, 0.1) is 4.92 Å². The van der Waals surface area contributed by atoms with E-state index in [9.17, 15) is 14.9 Å². The number of rotatable bonds is 3. The number of carbonyl (C=O) groups excluding carboxylic acids is 1. The van der Waals surface area contributed by atoms with Gasteiger partial charge in [-0.15, -0.1) is 10.2 Å². The second kappa shape index (κ2) is 5.96. The first-order valence-corrected chi connectivity index (χ1v) is 7.65. The Morgan fingerprint density at radius 1 is 1.12 bits per heavy atom. The lowest BCUT2D eigenvalue weighted by Crippen LogP contribution is -2.24. The first-order chi connectivity index (χ1) is 12.5. The second-order valence-electron chi connectivity index (χ2n) is 5.70. The summed E-state index contributed by atoms with van der Waals surface area (Å²) in [5, 5.41) is 19.0. The first-order valence-electron chi connectivity index (χ1n) is 7.65. The molecule has 0 aliphatic carbocycles. The van der Waals surface area contributed by atoms with Crippen molar-refractivity contribution in [3.05, 3.63) is 63.2 Å². The van der Waals surface area contributed by atoms with Crippen LogP contribution < -0.4 is 15.2 Å². The third-order valence-corrected chi connectivity index (χ3v) is 4.12. The van der Waals surface area contributed by atoms with Gasteiger partial charge in [0.15, 0.2) is 11.5 Å². The van der Waals surface area contributed by atoms with Crippen molar-refractivity contribution in [2.75, 3.05) is 6.79 Å². The van der Waals surface area contributed by atoms with Crippen molar-refractivity contribution in [3.8, 4) is 11.5 Å². The van der Waals surface area contributed by atoms with E-state index >= 15 is 0 Å². The van der Waals surface area contributed by atoms with E-state index in [0.717, 1.165) is 5.56 Å². The van der Waals surface area contributed by atoms with Crippen molar-refractivity contribution in [1.82, 2.24) is 0 Å². The number of hydrogen-bond acceptors (Lipinski definition) is 7. The molecule has 0 unspecified atom stereocenters. The quantitative estimate of drug-likeness (QED) is 0.662. The van der Waals surface area contributed by atoms with Crippen molar-refractivity contribution >= 4 is 23.0 Å². The normalized spacial score (nSPS) is 14.8. The highest BCUT2D eigenvalue weighted by Crippen LogP contribution is 2.36. The summed E-state index contributed by atoms with van der Waals surface area (Å²) < 4.78 is 10.8. The van der Waals surface area contributed by atoms with Crippen LogP contribution in [0.5, 0.6) is 11.5 Å². The number of hydrogen-bond donors (Lipinski definition) is 1. The van der Waals surface area contributed by atoms with Gasteiger partial charge in [-0.25, -0.2) is 0 Å². The van der Waals surface area contributed by atoms with Crippen LogP contribution in [-0.2, 0) is 11.2 Å². The Balaban J connectivity index is 1.87. The molecule has 2 aliphatic heterocycles. The third-order valence-electron chi connectivity index (χ3n) is 4.12. The molecule has 2 aromatic rings. The largest absolute Gasteiger partial charge is 0.454 e. The van der Waals surface area contributed by atoms with E-state index < -0.39 is 10.8 Å². The topological polar surface area (TPSA) is 129 Å². The molecule has 0 saturated heterocycles. The van der Waals surface area contributed by atoms with E-state index in [1.165, 1.54) is 12.1 Å². The number of ether oxygens (including phenoxy) is 2. The molecule has 0 bridgehead atoms. The molecule has 26 heavy (non-hydrogen) atoms. The molecular formula is C17H12N4O5. The van der Waals surface area contributed by atoms with Crippen LogP contribution in [0.2, 0.25) is 0 Å². The van der Waals surface area contributed by atoms with Crippen LogP contribution in [-0.4, -0.2) is 29.0 Å². The highest BCUT2D eigenvalue weighted by molar-refractivity contribution is 6.39. The van der Waals surface area contributed by atoms with Crippen LogP contribution in [0.1, 0.15) is 16.7 Å². The van der Waals surface area contributed by atoms with Crippen LogP contribution in [0.3, 0.4) is 0 Å². The van der Waals surface area contributed by atoms with Gasteiger partial charge in [0.2, 0.25) is 6.79 Å². The molecule has 9 heteroatoms. The van der Waals surface area contributed by atoms with Crippen molar-refractivity contribution in [2.24, 2.45) is 15.9 Å². The van der Waals surface area contributed by atoms with Gasteiger partial charge in [-0.1, -0.05) is 0 Å². The summed E-state index contributed by atoms with van der Waals surface area (Å²) in [6, 6.07) is 9.45. The molecule has 0 radical (unpaired) electrons. The minimum Gasteiger partial charge on any atom is -0.454 e. The monoisotopic (exact) mass is 352 g/mol. The second-order valence-corrected chi connectivity index (χ2v) is 5.70. The smallest absolute Gasteiger partial charge is 0.269 e. The molecule has 1 amide bonds. The van der Waals surface area contributed by atoms with Crippen molar-refractivity contribution < 1.29 is 19.2 Å². The Bertz CT molecular complexity index is 995. The summed E-state index contributed by atoms with van der Waals surface area (Å²) in [5.41, 5.74) is 7.98. The molecule has 2 aliphatic rings. The van der Waals surface area contributed by atoms with Crippen LogP contribution in [0, 0.1) is 10.1 Å². The molecule has 0 aromatic heterocycles. The SMILES string of the molecule is NC(=O)C1=NN=C(c2ccc([N+](=O)[O-])cc2)c2cc3c(cc2C1)OCO3. The molecule has 130 valence electrons. The van der Waals surface area contributed by atoms with E-state index in [-0.39, 0.29) is 24.6 Å². The van der Waals surface area contributed by atoms with Crippen LogP contribution in [0.15, 0.2) is 46.6 Å². The molecule has 2 N–H and O–H groups in total. The minimum atomic E-state index is -0.665. The number of primary amides is 1. The molecular weight excluding hydrogens is 340 g/mol. The number of amides is 1. The number of fused-ring (bicyclic) bond motifs is 2. The van der Waals surface area contributed by atoms with E-state index in [1.54, 1.807) is 24.3 Å². The van der Waals surface area contributed by atoms with Gasteiger partial charge in [0, 0.05) is 29.7 Å². The van der Waals surface area contributed by atoms with Crippen LogP contribution >= 0.6 is 0 Å². The molecule has 0 atom stereocenters. The summed E-state index contributed by atoms with van der Waals surface area (Å²) in [5.74, 6) is 0.459. The van der Waals surface area contributed by atoms with E-state index in [1.807, 2.05) is 0 Å². The van der Waals surface area contributed by atoms with Gasteiger partial charge in [-0.3, -0.25) is 14.9 Å². The Hall–Kier alpha value is -3.75. The summed E-state index contributed by atoms with van der Waals surface area (Å²) in [7, 11) is 0. The lowest BCUT2D eigenvalue weighted by Gasteiger charge is -2.10. The Labute approximate surface area is 146 Å². The first kappa shape index (κ1) is 15.8. The maximum atomic E-state index is 11.6. The summed E-state index contributed by atoms with van der Waals surface area (Å²) >= 11 is 0. The Morgan fingerprint density at radius 2 is 1.81 bits per heavy atom. The molecule has 2 heterocycles. The standard InChI is InChI=1S/C17H12N4O5/c18-17(22)13-5-10-6-14-15(26-8-25-14)7-12(10)16(20-19-13)9-1-3-11(4-2-9)21(23)24/h1-4,6-7H,5,8H2,(H2,18,22). The highest BCUT2D eigenvalue weighted by atomic mass is 16.7. The molecule has 0 fully saturated rings. The molecule has 2 aromatic carbocycles. The van der Waals surface area contributed by atoms with Gasteiger partial charge < -0.3 is 15.2 Å². The number of non-ortho nitro benzene ring substituents is 1. The number of benzene rings is 2. The zero-order valence-corrected chi connectivity index (χ0v) is 13.3. The van der Waals surface area contributed by atoms with E-state index in [2.05, 4.69) is 10.2 Å². The number of nitro groups is 1. The maximum absolute atomic E-state index is 11.6. The average molecular weight is 352 g/mol. The Kier molecular flexibility index (Phi) is 3.61. The van der Waals surface area contributed by atoms with Gasteiger partial charge in [-0.2, -0.15) is 0 Å². The van der Waals surface area contributed by atoms with Crippen LogP contribution in [0.4, 0.5) is 5.69 Å². The van der Waals surface area contributed by atoms with E-state index in [0.29, 0.717) is 28.3 Å². The van der Waals surface area contributed by atoms with E-state index in [4.69, 9.17) is 15.2 Å². The lowest BCUT2D eigenvalue weighted by molar-refractivity contribution is -0.384. The minimum absolute atomic E-state index is 0.0322. The van der Waals surface area contributed by atoms with Gasteiger partial charge in [0.25, 0.3) is 11.6 Å². The maximum Gasteiger partial charge on any atom is 0.269 e. The summed E-state index contributed by atoms with van der Waals surface area (Å²) in [6.45, 7) is 0.110. The fourth-order valence-electron chi connectivity index (χ4n) is 2.82. The van der Waals surface area contributed by atoms with Crippen molar-refractivity contribution in [1.29, 1.82) is 0 Å². The molecule has 4 rings (SSSR count). The predicted octanol–water partition coefficient (Wildman–Crippen LogP) is 1.56. The molecule has 9 nitrogen and oxygen atoms in total. The van der Waals surface area contributed by atoms with Gasteiger partial charge in [0.1, 0.15) is 11.4 Å². The zero-order valence-electron chi connectivity index (χ0n) is 13.3. The van der Waals surface area contributed by atoms with Gasteiger partial charge in [-0.05, 0) is 29.8 Å². The van der Waals surface area contributed by atoms with Gasteiger partial charge >= 0.3 is 0 Å². The predicted molar refractivity (Wildman–Crippen MR) is 91.6 cm³/mol. The number of nitro benzene ring substituents is 1. The fourth-order valence-corrected chi connectivity index (χ4v) is 2.82. The summed E-state index contributed by atoms with van der Waals surface area (Å²) in [4.78, 5) is 22.0. The Morgan fingerprint density at radius 3 is 2.46 bits per heavy atom. The third kappa shape index (κ3) is 2.65. The highest BCUT2D eigenvalue weighted by Gasteiger charge is 2.25. The molecule has 0 saturated carbocycles. The average Bonchev–Trinajstić information content (AvgIpc) is 2.99. The summed E-state index contributed by atoms with van der Waals surface area (Å²) in [6.07, 6.45) is 0.196. The number of nitrogens with two attached hydrogens (primary N) is 1. The van der Waals surface area contributed by atoms with Crippen LogP contribution in [0.25, 0.3) is 0 Å². The van der Waals surface area contributed by atoms with Crippen molar-refractivity contribution in [2.45, 2.75) is 6.42 Å². The molecule has 0 spiro atoms. The zero-order chi connectivity index (χ0) is 18.3. The fraction of sp³-hybridized carbons (Fsp3) is 0.118.